The van der Waals surface area contributed by atoms with Gasteiger partial charge in [-0.25, -0.2) is 0 Å². The van der Waals surface area contributed by atoms with Crippen LogP contribution in [-0.4, -0.2) is 41.6 Å². The minimum absolute atomic E-state index is 0.0522. The molecule has 0 aliphatic carbocycles. The summed E-state index contributed by atoms with van der Waals surface area (Å²) in [5.41, 5.74) is -0.789. The van der Waals surface area contributed by atoms with Gasteiger partial charge in [0.05, 0.1) is 5.41 Å². The Morgan fingerprint density at radius 2 is 2.05 bits per heavy atom. The van der Waals surface area contributed by atoms with Crippen LogP contribution in [0.1, 0.15) is 19.8 Å². The van der Waals surface area contributed by atoms with E-state index < -0.39 is 11.4 Å². The topological polar surface area (TPSA) is 66.8 Å². The lowest BCUT2D eigenvalue weighted by Crippen LogP contribution is -2.38. The molecule has 1 aliphatic heterocycles. The SMILES string of the molecule is CCC1(C(=O)O)CCN(C(=O)COc2ccccc2)C1. The molecule has 1 aromatic carbocycles. The van der Waals surface area contributed by atoms with E-state index >= 15 is 0 Å². The Labute approximate surface area is 118 Å². The largest absolute Gasteiger partial charge is 0.484 e. The van der Waals surface area contributed by atoms with Gasteiger partial charge in [0.1, 0.15) is 5.75 Å². The van der Waals surface area contributed by atoms with Gasteiger partial charge in [-0.1, -0.05) is 25.1 Å². The molecule has 1 N–H and O–H groups in total. The quantitative estimate of drug-likeness (QED) is 0.891. The number of benzene rings is 1. The smallest absolute Gasteiger partial charge is 0.311 e. The molecule has 1 fully saturated rings. The molecular formula is C15H19NO4. The lowest BCUT2D eigenvalue weighted by molar-refractivity contribution is -0.148. The molecule has 0 radical (unpaired) electrons. The third-order valence-corrected chi connectivity index (χ3v) is 3.94. The van der Waals surface area contributed by atoms with Crippen molar-refractivity contribution in [3.05, 3.63) is 30.3 Å². The number of ether oxygens (including phenoxy) is 1. The molecule has 2 rings (SSSR count). The van der Waals surface area contributed by atoms with Crippen molar-refractivity contribution in [1.29, 1.82) is 0 Å². The molecule has 0 spiro atoms. The van der Waals surface area contributed by atoms with Gasteiger partial charge in [0, 0.05) is 13.1 Å². The fourth-order valence-electron chi connectivity index (χ4n) is 2.45. The maximum absolute atomic E-state index is 12.1. The molecule has 1 heterocycles. The van der Waals surface area contributed by atoms with Gasteiger partial charge in [0.15, 0.2) is 6.61 Å². The average Bonchev–Trinajstić information content (AvgIpc) is 2.92. The number of carboxylic acid groups (broad SMARTS) is 1. The van der Waals surface area contributed by atoms with Crippen LogP contribution in [0, 0.1) is 5.41 Å². The Balaban J connectivity index is 1.90. The van der Waals surface area contributed by atoms with E-state index in [1.165, 1.54) is 0 Å². The lowest BCUT2D eigenvalue weighted by Gasteiger charge is -2.23. The van der Waals surface area contributed by atoms with Crippen LogP contribution in [0.3, 0.4) is 0 Å². The van der Waals surface area contributed by atoms with Crippen molar-refractivity contribution < 1.29 is 19.4 Å². The van der Waals surface area contributed by atoms with Crippen molar-refractivity contribution in [2.75, 3.05) is 19.7 Å². The fourth-order valence-corrected chi connectivity index (χ4v) is 2.45. The van der Waals surface area contributed by atoms with E-state index in [0.717, 1.165) is 0 Å². The summed E-state index contributed by atoms with van der Waals surface area (Å²) >= 11 is 0. The number of amides is 1. The minimum atomic E-state index is -0.820. The van der Waals surface area contributed by atoms with Crippen LogP contribution in [0.5, 0.6) is 5.75 Å². The van der Waals surface area contributed by atoms with Crippen LogP contribution in [0.25, 0.3) is 0 Å². The number of hydrogen-bond donors (Lipinski definition) is 1. The first-order chi connectivity index (χ1) is 9.57. The second kappa shape index (κ2) is 5.94. The Morgan fingerprint density at radius 1 is 1.35 bits per heavy atom. The second-order valence-electron chi connectivity index (χ2n) is 5.11. The zero-order valence-electron chi connectivity index (χ0n) is 11.5. The van der Waals surface area contributed by atoms with Crippen molar-refractivity contribution in [3.63, 3.8) is 0 Å². The number of carboxylic acids is 1. The summed E-state index contributed by atoms with van der Waals surface area (Å²) in [5, 5.41) is 9.30. The van der Waals surface area contributed by atoms with Gasteiger partial charge in [-0.15, -0.1) is 0 Å². The van der Waals surface area contributed by atoms with Gasteiger partial charge < -0.3 is 14.7 Å². The van der Waals surface area contributed by atoms with Crippen LogP contribution >= 0.6 is 0 Å². The molecule has 1 amide bonds. The Hall–Kier alpha value is -2.04. The minimum Gasteiger partial charge on any atom is -0.484 e. The van der Waals surface area contributed by atoms with Crippen LogP contribution in [0.15, 0.2) is 30.3 Å². The summed E-state index contributed by atoms with van der Waals surface area (Å²) in [5.74, 6) is -0.343. The molecule has 108 valence electrons. The summed E-state index contributed by atoms with van der Waals surface area (Å²) < 4.78 is 5.40. The van der Waals surface area contributed by atoms with E-state index in [1.54, 1.807) is 17.0 Å². The molecule has 1 atom stereocenters. The van der Waals surface area contributed by atoms with Crippen molar-refractivity contribution in [2.45, 2.75) is 19.8 Å². The molecule has 5 heteroatoms. The number of hydrogen-bond acceptors (Lipinski definition) is 3. The predicted molar refractivity (Wildman–Crippen MR) is 73.5 cm³/mol. The lowest BCUT2D eigenvalue weighted by atomic mass is 9.84. The van der Waals surface area contributed by atoms with Gasteiger partial charge in [-0.2, -0.15) is 0 Å². The van der Waals surface area contributed by atoms with Crippen LogP contribution in [-0.2, 0) is 9.59 Å². The molecule has 1 aromatic rings. The summed E-state index contributed by atoms with van der Waals surface area (Å²) in [6.07, 6.45) is 1.04. The first kappa shape index (κ1) is 14.4. The third-order valence-electron chi connectivity index (χ3n) is 3.94. The maximum Gasteiger partial charge on any atom is 0.311 e. The monoisotopic (exact) mass is 277 g/mol. The van der Waals surface area contributed by atoms with E-state index in [2.05, 4.69) is 0 Å². The van der Waals surface area contributed by atoms with Gasteiger partial charge in [-0.05, 0) is 25.0 Å². The van der Waals surface area contributed by atoms with Crippen molar-refractivity contribution in [2.24, 2.45) is 5.41 Å². The molecule has 5 nitrogen and oxygen atoms in total. The normalized spacial score (nSPS) is 21.8. The number of rotatable bonds is 5. The number of para-hydroxylation sites is 1. The highest BCUT2D eigenvalue weighted by atomic mass is 16.5. The van der Waals surface area contributed by atoms with Crippen molar-refractivity contribution in [3.8, 4) is 5.75 Å². The second-order valence-corrected chi connectivity index (χ2v) is 5.11. The van der Waals surface area contributed by atoms with Crippen molar-refractivity contribution in [1.82, 2.24) is 4.90 Å². The molecule has 1 aliphatic rings. The summed E-state index contributed by atoms with van der Waals surface area (Å²) in [4.78, 5) is 25.0. The molecule has 0 bridgehead atoms. The zero-order chi connectivity index (χ0) is 14.6. The average molecular weight is 277 g/mol. The predicted octanol–water partition coefficient (Wildman–Crippen LogP) is 1.78. The van der Waals surface area contributed by atoms with E-state index in [9.17, 15) is 14.7 Å². The zero-order valence-corrected chi connectivity index (χ0v) is 11.5. The first-order valence-electron chi connectivity index (χ1n) is 6.76. The third kappa shape index (κ3) is 2.92. The highest BCUT2D eigenvalue weighted by Gasteiger charge is 2.44. The number of nitrogens with zero attached hydrogens (tertiary/aromatic N) is 1. The summed E-state index contributed by atoms with van der Waals surface area (Å²) in [7, 11) is 0. The molecule has 0 aromatic heterocycles. The number of likely N-dealkylation sites (tertiary alicyclic amines) is 1. The highest BCUT2D eigenvalue weighted by molar-refractivity contribution is 5.81. The van der Waals surface area contributed by atoms with Crippen LogP contribution in [0.4, 0.5) is 0 Å². The Morgan fingerprint density at radius 3 is 2.60 bits per heavy atom. The van der Waals surface area contributed by atoms with Gasteiger partial charge in [0.2, 0.25) is 0 Å². The Bertz CT molecular complexity index is 488. The molecular weight excluding hydrogens is 258 g/mol. The molecule has 20 heavy (non-hydrogen) atoms. The maximum atomic E-state index is 12.1. The first-order valence-corrected chi connectivity index (χ1v) is 6.76. The molecule has 1 saturated heterocycles. The highest BCUT2D eigenvalue weighted by Crippen LogP contribution is 2.34. The number of aliphatic carboxylic acids is 1. The van der Waals surface area contributed by atoms with Crippen LogP contribution in [0.2, 0.25) is 0 Å². The molecule has 0 saturated carbocycles. The number of carbonyl (C=O) groups is 2. The summed E-state index contributed by atoms with van der Waals surface area (Å²) in [6.45, 7) is 2.55. The van der Waals surface area contributed by atoms with Crippen molar-refractivity contribution >= 4 is 11.9 Å². The van der Waals surface area contributed by atoms with E-state index in [-0.39, 0.29) is 19.1 Å². The molecule has 1 unspecified atom stereocenters. The fraction of sp³-hybridized carbons (Fsp3) is 0.467. The van der Waals surface area contributed by atoms with Crippen LogP contribution < -0.4 is 4.74 Å². The van der Waals surface area contributed by atoms with Gasteiger partial charge in [0.25, 0.3) is 5.91 Å². The van der Waals surface area contributed by atoms with Gasteiger partial charge >= 0.3 is 5.97 Å². The number of carbonyl (C=O) groups excluding carboxylic acids is 1. The standard InChI is InChI=1S/C15H19NO4/c1-2-15(14(18)19)8-9-16(11-15)13(17)10-20-12-6-4-3-5-7-12/h3-7H,2,8-11H2,1H3,(H,18,19). The van der Waals surface area contributed by atoms with Gasteiger partial charge in [-0.3, -0.25) is 9.59 Å². The summed E-state index contributed by atoms with van der Waals surface area (Å²) in [6, 6.07) is 9.11. The Kier molecular flexibility index (Phi) is 4.27. The van der Waals surface area contributed by atoms with E-state index in [4.69, 9.17) is 4.74 Å². The van der Waals surface area contributed by atoms with E-state index in [1.807, 2.05) is 25.1 Å². The van der Waals surface area contributed by atoms with E-state index in [0.29, 0.717) is 25.1 Å².